The summed E-state index contributed by atoms with van der Waals surface area (Å²) >= 11 is 0. The van der Waals surface area contributed by atoms with E-state index in [1.807, 2.05) is 0 Å². The van der Waals surface area contributed by atoms with Crippen LogP contribution in [0, 0.1) is 0 Å². The van der Waals surface area contributed by atoms with E-state index >= 15 is 0 Å². The van der Waals surface area contributed by atoms with E-state index in [1.54, 1.807) is 0 Å². The zero-order valence-electron chi connectivity index (χ0n) is 8.23. The van der Waals surface area contributed by atoms with Gasteiger partial charge in [0.25, 0.3) is 0 Å². The van der Waals surface area contributed by atoms with Crippen molar-refractivity contribution in [1.82, 2.24) is 10.6 Å². The standard InChI is InChI=1S/C9H20N2/c1-6-7(2)11-9(4,5)8(3)10-6/h6-8,10-11H,1-5H3. The Labute approximate surface area is 69.8 Å². The van der Waals surface area contributed by atoms with Gasteiger partial charge in [0.1, 0.15) is 0 Å². The maximum Gasteiger partial charge on any atom is 0.0278 e. The zero-order valence-corrected chi connectivity index (χ0v) is 8.23. The maximum atomic E-state index is 3.59. The average Bonchev–Trinajstić information content (AvgIpc) is 1.83. The molecule has 0 aromatic carbocycles. The smallest absolute Gasteiger partial charge is 0.0278 e. The highest BCUT2D eigenvalue weighted by molar-refractivity contribution is 4.98. The number of hydrogen-bond donors (Lipinski definition) is 2. The number of nitrogens with one attached hydrogen (secondary N) is 2. The van der Waals surface area contributed by atoms with Crippen LogP contribution in [0.15, 0.2) is 0 Å². The van der Waals surface area contributed by atoms with Crippen molar-refractivity contribution in [2.45, 2.75) is 58.3 Å². The Morgan fingerprint density at radius 2 is 1.55 bits per heavy atom. The van der Waals surface area contributed by atoms with Gasteiger partial charge in [-0.15, -0.1) is 0 Å². The lowest BCUT2D eigenvalue weighted by Crippen LogP contribution is -2.68. The molecule has 1 aliphatic heterocycles. The fourth-order valence-electron chi connectivity index (χ4n) is 1.58. The summed E-state index contributed by atoms with van der Waals surface area (Å²) < 4.78 is 0. The molecular weight excluding hydrogens is 136 g/mol. The third kappa shape index (κ3) is 1.74. The molecule has 0 spiro atoms. The fourth-order valence-corrected chi connectivity index (χ4v) is 1.58. The molecule has 66 valence electrons. The predicted octanol–water partition coefficient (Wildman–Crippen LogP) is 1.12. The van der Waals surface area contributed by atoms with Gasteiger partial charge in [-0.2, -0.15) is 0 Å². The van der Waals surface area contributed by atoms with E-state index in [0.717, 1.165) is 0 Å². The second kappa shape index (κ2) is 2.76. The Bertz CT molecular complexity index is 142. The summed E-state index contributed by atoms with van der Waals surface area (Å²) in [6.45, 7) is 11.2. The van der Waals surface area contributed by atoms with Crippen molar-refractivity contribution in [3.05, 3.63) is 0 Å². The quantitative estimate of drug-likeness (QED) is 0.549. The minimum absolute atomic E-state index is 0.228. The van der Waals surface area contributed by atoms with Gasteiger partial charge in [0.2, 0.25) is 0 Å². The summed E-state index contributed by atoms with van der Waals surface area (Å²) in [6, 6.07) is 1.70. The molecule has 3 atom stereocenters. The predicted molar refractivity (Wildman–Crippen MR) is 48.7 cm³/mol. The number of hydrogen-bond acceptors (Lipinski definition) is 2. The molecule has 0 saturated carbocycles. The van der Waals surface area contributed by atoms with E-state index in [0.29, 0.717) is 18.1 Å². The SMILES string of the molecule is CC1NC(C)C(C)(C)NC1C. The molecular formula is C9H20N2. The van der Waals surface area contributed by atoms with Crippen LogP contribution in [0.25, 0.3) is 0 Å². The van der Waals surface area contributed by atoms with Gasteiger partial charge in [-0.25, -0.2) is 0 Å². The highest BCUT2D eigenvalue weighted by Crippen LogP contribution is 2.16. The molecule has 1 fully saturated rings. The summed E-state index contributed by atoms with van der Waals surface area (Å²) in [5, 5.41) is 7.15. The molecule has 1 heterocycles. The molecule has 1 saturated heterocycles. The van der Waals surface area contributed by atoms with Crippen LogP contribution in [-0.4, -0.2) is 23.7 Å². The van der Waals surface area contributed by atoms with E-state index in [1.165, 1.54) is 0 Å². The normalized spacial score (nSPS) is 43.9. The molecule has 11 heavy (non-hydrogen) atoms. The number of piperazine rings is 1. The third-order valence-electron chi connectivity index (χ3n) is 2.95. The summed E-state index contributed by atoms with van der Waals surface area (Å²) in [6.07, 6.45) is 0. The van der Waals surface area contributed by atoms with Crippen molar-refractivity contribution in [3.63, 3.8) is 0 Å². The first-order valence-corrected chi connectivity index (χ1v) is 4.47. The zero-order chi connectivity index (χ0) is 8.65. The lowest BCUT2D eigenvalue weighted by atomic mass is 9.89. The molecule has 0 aliphatic carbocycles. The summed E-state index contributed by atoms with van der Waals surface area (Å²) in [4.78, 5) is 0. The van der Waals surface area contributed by atoms with E-state index in [-0.39, 0.29) is 5.54 Å². The fraction of sp³-hybridized carbons (Fsp3) is 1.00. The first-order chi connectivity index (χ1) is 4.93. The molecule has 1 rings (SSSR count). The van der Waals surface area contributed by atoms with Crippen LogP contribution in [-0.2, 0) is 0 Å². The highest BCUT2D eigenvalue weighted by atomic mass is 15.2. The lowest BCUT2D eigenvalue weighted by Gasteiger charge is -2.45. The Morgan fingerprint density at radius 3 is 2.00 bits per heavy atom. The maximum absolute atomic E-state index is 3.59. The summed E-state index contributed by atoms with van der Waals surface area (Å²) in [7, 11) is 0. The van der Waals surface area contributed by atoms with Crippen LogP contribution >= 0.6 is 0 Å². The van der Waals surface area contributed by atoms with Gasteiger partial charge in [-0.05, 0) is 34.6 Å². The molecule has 2 N–H and O–H groups in total. The van der Waals surface area contributed by atoms with Crippen LogP contribution < -0.4 is 10.6 Å². The van der Waals surface area contributed by atoms with Crippen LogP contribution in [0.1, 0.15) is 34.6 Å². The van der Waals surface area contributed by atoms with Crippen LogP contribution in [0.5, 0.6) is 0 Å². The first kappa shape index (κ1) is 9.01. The Kier molecular flexibility index (Phi) is 2.26. The van der Waals surface area contributed by atoms with Gasteiger partial charge >= 0.3 is 0 Å². The molecule has 2 heteroatoms. The molecule has 1 aliphatic rings. The average molecular weight is 156 g/mol. The Balaban J connectivity index is 2.63. The van der Waals surface area contributed by atoms with Crippen LogP contribution in [0.3, 0.4) is 0 Å². The molecule has 2 nitrogen and oxygen atoms in total. The summed E-state index contributed by atoms with van der Waals surface area (Å²) in [5.74, 6) is 0. The van der Waals surface area contributed by atoms with Crippen molar-refractivity contribution < 1.29 is 0 Å². The van der Waals surface area contributed by atoms with Crippen molar-refractivity contribution in [2.24, 2.45) is 0 Å². The number of rotatable bonds is 0. The van der Waals surface area contributed by atoms with Crippen molar-refractivity contribution in [1.29, 1.82) is 0 Å². The van der Waals surface area contributed by atoms with E-state index < -0.39 is 0 Å². The third-order valence-corrected chi connectivity index (χ3v) is 2.95. The minimum atomic E-state index is 0.228. The second-order valence-corrected chi connectivity index (χ2v) is 4.33. The Hall–Kier alpha value is -0.0800. The Morgan fingerprint density at radius 1 is 1.00 bits per heavy atom. The monoisotopic (exact) mass is 156 g/mol. The first-order valence-electron chi connectivity index (χ1n) is 4.47. The molecule has 0 aromatic rings. The van der Waals surface area contributed by atoms with Gasteiger partial charge in [0.15, 0.2) is 0 Å². The molecule has 0 bridgehead atoms. The van der Waals surface area contributed by atoms with Gasteiger partial charge < -0.3 is 10.6 Å². The van der Waals surface area contributed by atoms with E-state index in [2.05, 4.69) is 45.3 Å². The lowest BCUT2D eigenvalue weighted by molar-refractivity contribution is 0.173. The molecule has 0 radical (unpaired) electrons. The van der Waals surface area contributed by atoms with E-state index in [9.17, 15) is 0 Å². The van der Waals surface area contributed by atoms with Crippen molar-refractivity contribution in [3.8, 4) is 0 Å². The summed E-state index contributed by atoms with van der Waals surface area (Å²) in [5.41, 5.74) is 0.228. The van der Waals surface area contributed by atoms with Crippen molar-refractivity contribution in [2.75, 3.05) is 0 Å². The minimum Gasteiger partial charge on any atom is -0.308 e. The van der Waals surface area contributed by atoms with E-state index in [4.69, 9.17) is 0 Å². The van der Waals surface area contributed by atoms with Crippen LogP contribution in [0.4, 0.5) is 0 Å². The second-order valence-electron chi connectivity index (χ2n) is 4.33. The van der Waals surface area contributed by atoms with Gasteiger partial charge in [0, 0.05) is 23.7 Å². The van der Waals surface area contributed by atoms with Gasteiger partial charge in [-0.1, -0.05) is 0 Å². The molecule has 0 aromatic heterocycles. The van der Waals surface area contributed by atoms with Crippen LogP contribution in [0.2, 0.25) is 0 Å². The molecule has 3 unspecified atom stereocenters. The largest absolute Gasteiger partial charge is 0.308 e. The van der Waals surface area contributed by atoms with Gasteiger partial charge in [-0.3, -0.25) is 0 Å². The highest BCUT2D eigenvalue weighted by Gasteiger charge is 2.34. The van der Waals surface area contributed by atoms with Crippen molar-refractivity contribution >= 4 is 0 Å². The topological polar surface area (TPSA) is 24.1 Å². The molecule has 0 amide bonds. The van der Waals surface area contributed by atoms with Gasteiger partial charge in [0.05, 0.1) is 0 Å².